The van der Waals surface area contributed by atoms with Gasteiger partial charge in [-0.2, -0.15) is 5.10 Å². The minimum atomic E-state index is -0.0456. The first-order valence-electron chi connectivity index (χ1n) is 11.1. The fraction of sp³-hybridized carbons (Fsp3) is 0.222. The maximum atomic E-state index is 13.1. The molecular formula is C27H25N5O. The quantitative estimate of drug-likeness (QED) is 0.497. The number of amides is 1. The maximum Gasteiger partial charge on any atom is 0.272 e. The van der Waals surface area contributed by atoms with Gasteiger partial charge in [0.25, 0.3) is 5.91 Å². The molecule has 0 aliphatic carbocycles. The predicted molar refractivity (Wildman–Crippen MR) is 130 cm³/mol. The number of aromatic nitrogens is 3. The van der Waals surface area contributed by atoms with E-state index >= 15 is 0 Å². The number of carbonyl (C=O) groups is 1. The number of hydrogen-bond acceptors (Lipinski definition) is 4. The molecule has 6 heteroatoms. The summed E-state index contributed by atoms with van der Waals surface area (Å²) < 4.78 is 0. The van der Waals surface area contributed by atoms with Crippen LogP contribution in [0.15, 0.2) is 66.7 Å². The third-order valence-corrected chi connectivity index (χ3v) is 6.13. The van der Waals surface area contributed by atoms with Gasteiger partial charge in [-0.3, -0.25) is 9.89 Å². The van der Waals surface area contributed by atoms with Crippen LogP contribution in [0.3, 0.4) is 0 Å². The van der Waals surface area contributed by atoms with Crippen LogP contribution < -0.4 is 0 Å². The molecule has 2 aromatic carbocycles. The number of benzene rings is 2. The highest BCUT2D eigenvalue weighted by molar-refractivity contribution is 5.95. The number of nitrogens with zero attached hydrogens (tertiary/aromatic N) is 4. The van der Waals surface area contributed by atoms with Crippen LogP contribution in [0.4, 0.5) is 0 Å². The normalized spacial score (nSPS) is 15.6. The summed E-state index contributed by atoms with van der Waals surface area (Å²) in [5.74, 6) is 6.41. The Morgan fingerprint density at radius 1 is 1.03 bits per heavy atom. The Morgan fingerprint density at radius 3 is 2.61 bits per heavy atom. The van der Waals surface area contributed by atoms with Crippen LogP contribution in [-0.2, 0) is 0 Å². The Balaban J connectivity index is 1.45. The maximum absolute atomic E-state index is 13.1. The van der Waals surface area contributed by atoms with Crippen LogP contribution in [0, 0.1) is 11.8 Å². The average Bonchev–Trinajstić information content (AvgIpc) is 3.50. The predicted octanol–water partition coefficient (Wildman–Crippen LogP) is 3.80. The van der Waals surface area contributed by atoms with E-state index in [9.17, 15) is 4.79 Å². The van der Waals surface area contributed by atoms with Crippen molar-refractivity contribution in [1.29, 1.82) is 0 Å². The molecule has 1 saturated heterocycles. The molecule has 1 aliphatic rings. The van der Waals surface area contributed by atoms with E-state index in [1.807, 2.05) is 47.4 Å². The van der Waals surface area contributed by atoms with Crippen molar-refractivity contribution in [2.75, 3.05) is 27.2 Å². The lowest BCUT2D eigenvalue weighted by Crippen LogP contribution is -2.34. The van der Waals surface area contributed by atoms with Crippen LogP contribution in [-0.4, -0.2) is 64.1 Å². The van der Waals surface area contributed by atoms with Gasteiger partial charge >= 0.3 is 0 Å². The van der Waals surface area contributed by atoms with E-state index in [0.29, 0.717) is 28.5 Å². The lowest BCUT2D eigenvalue weighted by Gasteiger charge is -2.20. The number of carbonyl (C=O) groups excluding carboxylic acids is 1. The van der Waals surface area contributed by atoms with E-state index in [1.165, 1.54) is 0 Å². The second-order valence-electron chi connectivity index (χ2n) is 8.48. The van der Waals surface area contributed by atoms with Crippen LogP contribution in [0.2, 0.25) is 0 Å². The molecule has 4 aromatic rings. The molecule has 33 heavy (non-hydrogen) atoms. The third-order valence-electron chi connectivity index (χ3n) is 6.13. The lowest BCUT2D eigenvalue weighted by atomic mass is 10.00. The first kappa shape index (κ1) is 20.9. The molecule has 1 atom stereocenters. The highest BCUT2D eigenvalue weighted by atomic mass is 16.2. The van der Waals surface area contributed by atoms with E-state index in [2.05, 4.69) is 64.2 Å². The number of rotatable bonds is 3. The minimum Gasteiger partial charge on any atom is -0.336 e. The molecule has 5 rings (SSSR count). The van der Waals surface area contributed by atoms with Crippen LogP contribution in [0.5, 0.6) is 0 Å². The second-order valence-corrected chi connectivity index (χ2v) is 8.48. The first-order valence-corrected chi connectivity index (χ1v) is 11.1. The molecule has 2 aromatic heterocycles. The van der Waals surface area contributed by atoms with Crippen molar-refractivity contribution in [2.24, 2.45) is 0 Å². The molecule has 0 bridgehead atoms. The molecule has 0 saturated carbocycles. The highest BCUT2D eigenvalue weighted by Gasteiger charge is 2.29. The van der Waals surface area contributed by atoms with E-state index in [-0.39, 0.29) is 5.91 Å². The zero-order chi connectivity index (χ0) is 22.8. The lowest BCUT2D eigenvalue weighted by molar-refractivity contribution is 0.0777. The van der Waals surface area contributed by atoms with Gasteiger partial charge in [-0.05, 0) is 55.8 Å². The summed E-state index contributed by atoms with van der Waals surface area (Å²) in [6.45, 7) is 1.47. The van der Waals surface area contributed by atoms with Gasteiger partial charge in [-0.1, -0.05) is 54.5 Å². The molecule has 1 amide bonds. The number of H-pyrrole nitrogens is 1. The number of fused-ring (bicyclic) bond motifs is 1. The summed E-state index contributed by atoms with van der Waals surface area (Å²) in [5.41, 5.74) is 5.46. The summed E-state index contributed by atoms with van der Waals surface area (Å²) in [4.78, 5) is 21.7. The molecule has 6 nitrogen and oxygen atoms in total. The third kappa shape index (κ3) is 4.23. The Hall–Kier alpha value is -3.95. The first-order chi connectivity index (χ1) is 16.1. The summed E-state index contributed by atoms with van der Waals surface area (Å²) in [6, 6.07) is 22.2. The van der Waals surface area contributed by atoms with Gasteiger partial charge in [-0.15, -0.1) is 0 Å². The smallest absolute Gasteiger partial charge is 0.272 e. The summed E-state index contributed by atoms with van der Waals surface area (Å²) in [6.07, 6.45) is 0.976. The molecule has 0 spiro atoms. The standard InChI is InChI=1S/C27H25N5O/c1-31(2)21-16-17-32(18-21)27(33)25-15-14-24-26(28-25)23(29-30-24)13-12-20-10-6-7-11-22(20)19-8-4-3-5-9-19/h3-11,14-15,21H,16-18H2,1-2H3,(H,29,30)/t21-/m1/s1. The fourth-order valence-electron chi connectivity index (χ4n) is 4.20. The Labute approximate surface area is 193 Å². The highest BCUT2D eigenvalue weighted by Crippen LogP contribution is 2.23. The molecule has 0 radical (unpaired) electrons. The van der Waals surface area contributed by atoms with Crippen molar-refractivity contribution in [2.45, 2.75) is 12.5 Å². The summed E-state index contributed by atoms with van der Waals surface area (Å²) >= 11 is 0. The molecule has 3 heterocycles. The number of hydrogen-bond donors (Lipinski definition) is 1. The molecular weight excluding hydrogens is 410 g/mol. The van der Waals surface area contributed by atoms with Crippen molar-refractivity contribution in [1.82, 2.24) is 25.0 Å². The van der Waals surface area contributed by atoms with E-state index < -0.39 is 0 Å². The number of pyridine rings is 1. The van der Waals surface area contributed by atoms with Crippen molar-refractivity contribution in [3.63, 3.8) is 0 Å². The SMILES string of the molecule is CN(C)[C@@H]1CCN(C(=O)c2ccc3n[nH]c(C#Cc4ccccc4-c4ccccc4)c3n2)C1. The van der Waals surface area contributed by atoms with Gasteiger partial charge in [0.2, 0.25) is 0 Å². The van der Waals surface area contributed by atoms with Gasteiger partial charge in [0.1, 0.15) is 22.4 Å². The number of likely N-dealkylation sites (N-methyl/N-ethyl adjacent to an activating group) is 1. The molecule has 1 fully saturated rings. The van der Waals surface area contributed by atoms with Crippen LogP contribution in [0.25, 0.3) is 22.2 Å². The summed E-state index contributed by atoms with van der Waals surface area (Å²) in [7, 11) is 4.10. The number of aromatic amines is 1. The number of nitrogens with one attached hydrogen (secondary N) is 1. The Morgan fingerprint density at radius 2 is 1.82 bits per heavy atom. The molecule has 164 valence electrons. The zero-order valence-electron chi connectivity index (χ0n) is 18.7. The Bertz CT molecular complexity index is 1360. The van der Waals surface area contributed by atoms with Crippen molar-refractivity contribution >= 4 is 16.9 Å². The monoisotopic (exact) mass is 435 g/mol. The van der Waals surface area contributed by atoms with Gasteiger partial charge in [0, 0.05) is 24.7 Å². The number of likely N-dealkylation sites (tertiary alicyclic amines) is 1. The van der Waals surface area contributed by atoms with Crippen molar-refractivity contribution in [3.05, 3.63) is 83.7 Å². The molecule has 1 aliphatic heterocycles. The van der Waals surface area contributed by atoms with Gasteiger partial charge in [0.05, 0.1) is 0 Å². The Kier molecular flexibility index (Phi) is 5.64. The van der Waals surface area contributed by atoms with Crippen molar-refractivity contribution in [3.8, 4) is 23.0 Å². The van der Waals surface area contributed by atoms with Gasteiger partial charge in [0.15, 0.2) is 0 Å². The topological polar surface area (TPSA) is 65.1 Å². The van der Waals surface area contributed by atoms with Crippen molar-refractivity contribution < 1.29 is 4.79 Å². The fourth-order valence-corrected chi connectivity index (χ4v) is 4.20. The van der Waals surface area contributed by atoms with E-state index in [0.717, 1.165) is 36.2 Å². The van der Waals surface area contributed by atoms with E-state index in [4.69, 9.17) is 0 Å². The zero-order valence-corrected chi connectivity index (χ0v) is 18.7. The van der Waals surface area contributed by atoms with Gasteiger partial charge in [-0.25, -0.2) is 4.98 Å². The molecule has 1 N–H and O–H groups in total. The van der Waals surface area contributed by atoms with Gasteiger partial charge < -0.3 is 9.80 Å². The average molecular weight is 436 g/mol. The van der Waals surface area contributed by atoms with E-state index in [1.54, 1.807) is 6.07 Å². The second kappa shape index (κ2) is 8.89. The van der Waals surface area contributed by atoms with Crippen LogP contribution in [0.1, 0.15) is 28.2 Å². The molecule has 0 unspecified atom stereocenters. The minimum absolute atomic E-state index is 0.0456. The largest absolute Gasteiger partial charge is 0.336 e. The summed E-state index contributed by atoms with van der Waals surface area (Å²) in [5, 5.41) is 7.31. The van der Waals surface area contributed by atoms with Crippen LogP contribution >= 0.6 is 0 Å².